The van der Waals surface area contributed by atoms with Crippen molar-refractivity contribution in [2.24, 2.45) is 4.99 Å². The molecule has 28 heavy (non-hydrogen) atoms. The zero-order valence-electron chi connectivity index (χ0n) is 17.8. The topological polar surface area (TPSA) is 58.1 Å². The average Bonchev–Trinajstić information content (AvgIpc) is 2.65. The summed E-state index contributed by atoms with van der Waals surface area (Å²) in [5.74, 6) is 1.25. The molecule has 1 heterocycles. The maximum atomic E-state index is 13.8. The smallest absolute Gasteiger partial charge is 0.190 e. The van der Waals surface area contributed by atoms with Gasteiger partial charge in [0, 0.05) is 44.3 Å². The third kappa shape index (κ3) is 6.63. The van der Waals surface area contributed by atoms with E-state index in [1.165, 1.54) is 12.1 Å². The summed E-state index contributed by atoms with van der Waals surface area (Å²) in [6.07, 6.45) is 1.69. The first-order valence-corrected chi connectivity index (χ1v) is 10.1. The average molecular weight is 395 g/mol. The lowest BCUT2D eigenvalue weighted by Gasteiger charge is -2.30. The Hall–Kier alpha value is -1.86. The number of ether oxygens (including phenoxy) is 2. The molecule has 0 amide bonds. The Morgan fingerprint density at radius 2 is 1.89 bits per heavy atom. The molecule has 0 fully saturated rings. The minimum atomic E-state index is -0.259. The monoisotopic (exact) mass is 394 g/mol. The van der Waals surface area contributed by atoms with Crippen LogP contribution in [0.3, 0.4) is 0 Å². The van der Waals surface area contributed by atoms with Crippen molar-refractivity contribution in [3.8, 4) is 5.75 Å². The van der Waals surface area contributed by atoms with E-state index in [-0.39, 0.29) is 12.6 Å². The summed E-state index contributed by atoms with van der Waals surface area (Å²) in [7, 11) is 1.76. The highest BCUT2D eigenvalue weighted by atomic mass is 19.1. The molecule has 1 aliphatic rings. The van der Waals surface area contributed by atoms with E-state index in [0.29, 0.717) is 31.7 Å². The van der Waals surface area contributed by atoms with Gasteiger partial charge in [-0.25, -0.2) is 4.39 Å². The van der Waals surface area contributed by atoms with Crippen LogP contribution >= 0.6 is 0 Å². The Balaban J connectivity index is 1.77. The van der Waals surface area contributed by atoms with Crippen molar-refractivity contribution in [3.05, 3.63) is 29.1 Å². The largest absolute Gasteiger partial charge is 0.467 e. The second-order valence-corrected chi connectivity index (χ2v) is 7.62. The molecule has 0 unspecified atom stereocenters. The van der Waals surface area contributed by atoms with E-state index in [9.17, 15) is 4.39 Å². The summed E-state index contributed by atoms with van der Waals surface area (Å²) in [5, 5.41) is 6.64. The quantitative estimate of drug-likeness (QED) is 0.383. The summed E-state index contributed by atoms with van der Waals surface area (Å²) < 4.78 is 24.6. The fraction of sp³-hybridized carbons (Fsp3) is 0.667. The molecule has 0 radical (unpaired) electrons. The molecule has 7 heteroatoms. The third-order valence-electron chi connectivity index (χ3n) is 4.87. The zero-order chi connectivity index (χ0) is 20.5. The molecule has 0 atom stereocenters. The highest BCUT2D eigenvalue weighted by Crippen LogP contribution is 2.29. The number of hydrogen-bond donors (Lipinski definition) is 2. The van der Waals surface area contributed by atoms with Gasteiger partial charge in [-0.15, -0.1) is 0 Å². The number of rotatable bonds is 9. The van der Waals surface area contributed by atoms with Crippen molar-refractivity contribution >= 4 is 5.96 Å². The van der Waals surface area contributed by atoms with E-state index >= 15 is 0 Å². The Morgan fingerprint density at radius 1 is 1.18 bits per heavy atom. The summed E-state index contributed by atoms with van der Waals surface area (Å²) in [5.41, 5.74) is 1.62. The standard InChI is InChI=1S/C21H35FN4O2/c1-15(2)26(16(3)4)10-6-8-24-21(23-5)25-9-7-17-11-19(22)12-18-13-27-14-28-20(17)18/h11-12,15-16H,6-10,13-14H2,1-5H3,(H2,23,24,25). The molecular formula is C21H35FN4O2. The van der Waals surface area contributed by atoms with Crippen LogP contribution < -0.4 is 15.4 Å². The van der Waals surface area contributed by atoms with Crippen LogP contribution in [0, 0.1) is 5.82 Å². The molecule has 1 aliphatic heterocycles. The van der Waals surface area contributed by atoms with Gasteiger partial charge in [0.15, 0.2) is 12.8 Å². The second-order valence-electron chi connectivity index (χ2n) is 7.62. The molecule has 0 aromatic heterocycles. The molecular weight excluding hydrogens is 359 g/mol. The molecule has 2 N–H and O–H groups in total. The molecule has 0 bridgehead atoms. The molecule has 0 saturated heterocycles. The summed E-state index contributed by atoms with van der Waals surface area (Å²) in [6, 6.07) is 4.10. The first-order valence-electron chi connectivity index (χ1n) is 10.1. The lowest BCUT2D eigenvalue weighted by atomic mass is 10.1. The second kappa shape index (κ2) is 11.2. The van der Waals surface area contributed by atoms with Gasteiger partial charge < -0.3 is 20.1 Å². The highest BCUT2D eigenvalue weighted by molar-refractivity contribution is 5.79. The molecule has 0 spiro atoms. The fourth-order valence-electron chi connectivity index (χ4n) is 3.56. The van der Waals surface area contributed by atoms with Crippen molar-refractivity contribution in [1.82, 2.24) is 15.5 Å². The Morgan fingerprint density at radius 3 is 2.57 bits per heavy atom. The molecule has 2 rings (SSSR count). The maximum Gasteiger partial charge on any atom is 0.190 e. The highest BCUT2D eigenvalue weighted by Gasteiger charge is 2.17. The van der Waals surface area contributed by atoms with Crippen LogP contribution in [0.15, 0.2) is 17.1 Å². The number of nitrogens with zero attached hydrogens (tertiary/aromatic N) is 2. The van der Waals surface area contributed by atoms with Gasteiger partial charge in [0.25, 0.3) is 0 Å². The van der Waals surface area contributed by atoms with Gasteiger partial charge in [-0.3, -0.25) is 9.89 Å². The first-order chi connectivity index (χ1) is 13.4. The van der Waals surface area contributed by atoms with E-state index in [1.54, 1.807) is 7.05 Å². The van der Waals surface area contributed by atoms with Crippen LogP contribution in [0.2, 0.25) is 0 Å². The zero-order valence-corrected chi connectivity index (χ0v) is 17.8. The summed E-state index contributed by atoms with van der Waals surface area (Å²) >= 11 is 0. The SMILES string of the molecule is CN=C(NCCCN(C(C)C)C(C)C)NCCc1cc(F)cc2c1OCOC2. The van der Waals surface area contributed by atoms with Gasteiger partial charge >= 0.3 is 0 Å². The summed E-state index contributed by atoms with van der Waals surface area (Å²) in [6.45, 7) is 12.1. The lowest BCUT2D eigenvalue weighted by Crippen LogP contribution is -2.41. The van der Waals surface area contributed by atoms with Crippen LogP contribution in [0.25, 0.3) is 0 Å². The van der Waals surface area contributed by atoms with Crippen LogP contribution in [0.4, 0.5) is 4.39 Å². The number of hydrogen-bond acceptors (Lipinski definition) is 4. The van der Waals surface area contributed by atoms with Gasteiger partial charge in [-0.1, -0.05) is 0 Å². The number of nitrogens with one attached hydrogen (secondary N) is 2. The number of fused-ring (bicyclic) bond motifs is 1. The number of benzene rings is 1. The number of halogens is 1. The fourth-order valence-corrected chi connectivity index (χ4v) is 3.56. The number of aliphatic imine (C=N–C) groups is 1. The van der Waals surface area contributed by atoms with E-state index < -0.39 is 0 Å². The van der Waals surface area contributed by atoms with Crippen molar-refractivity contribution in [2.45, 2.75) is 59.2 Å². The maximum absolute atomic E-state index is 13.8. The van der Waals surface area contributed by atoms with Gasteiger partial charge in [-0.2, -0.15) is 0 Å². The molecule has 1 aromatic rings. The minimum absolute atomic E-state index is 0.214. The first kappa shape index (κ1) is 22.4. The van der Waals surface area contributed by atoms with Gasteiger partial charge in [0.2, 0.25) is 0 Å². The van der Waals surface area contributed by atoms with Crippen molar-refractivity contribution < 1.29 is 13.9 Å². The summed E-state index contributed by atoms with van der Waals surface area (Å²) in [4.78, 5) is 6.75. The van der Waals surface area contributed by atoms with Crippen molar-refractivity contribution in [3.63, 3.8) is 0 Å². The number of guanidine groups is 1. The Bertz CT molecular complexity index is 642. The van der Waals surface area contributed by atoms with E-state index in [2.05, 4.69) is 48.2 Å². The molecule has 1 aromatic carbocycles. The molecule has 158 valence electrons. The Labute approximate surface area is 168 Å². The molecule has 0 aliphatic carbocycles. The van der Waals surface area contributed by atoms with Gasteiger partial charge in [0.1, 0.15) is 11.6 Å². The van der Waals surface area contributed by atoms with E-state index in [1.807, 2.05) is 0 Å². The lowest BCUT2D eigenvalue weighted by molar-refractivity contribution is -0.0172. The van der Waals surface area contributed by atoms with Crippen molar-refractivity contribution in [2.75, 3.05) is 33.5 Å². The van der Waals surface area contributed by atoms with Crippen LogP contribution in [-0.4, -0.2) is 56.4 Å². The third-order valence-corrected chi connectivity index (χ3v) is 4.87. The van der Waals surface area contributed by atoms with Gasteiger partial charge in [-0.05, 0) is 58.2 Å². The van der Waals surface area contributed by atoms with Crippen LogP contribution in [0.1, 0.15) is 45.2 Å². The van der Waals surface area contributed by atoms with Gasteiger partial charge in [0.05, 0.1) is 6.61 Å². The van der Waals surface area contributed by atoms with Crippen LogP contribution in [-0.2, 0) is 17.8 Å². The van der Waals surface area contributed by atoms with E-state index in [4.69, 9.17) is 9.47 Å². The normalized spacial score (nSPS) is 14.4. The predicted molar refractivity (Wildman–Crippen MR) is 111 cm³/mol. The molecule has 0 saturated carbocycles. The van der Waals surface area contributed by atoms with Crippen LogP contribution in [0.5, 0.6) is 5.75 Å². The minimum Gasteiger partial charge on any atom is -0.467 e. The Kier molecular flexibility index (Phi) is 8.99. The predicted octanol–water partition coefficient (Wildman–Crippen LogP) is 2.91. The van der Waals surface area contributed by atoms with Crippen molar-refractivity contribution in [1.29, 1.82) is 0 Å². The molecule has 6 nitrogen and oxygen atoms in total. The van der Waals surface area contributed by atoms with E-state index in [0.717, 1.165) is 42.3 Å².